The molecule has 0 saturated heterocycles. The predicted octanol–water partition coefficient (Wildman–Crippen LogP) is 2.65. The molecule has 0 N–H and O–H groups in total. The largest absolute Gasteiger partial charge is 0.385 e. The number of alkyl halides is 2. The van der Waals surface area contributed by atoms with E-state index in [9.17, 15) is 0 Å². The van der Waals surface area contributed by atoms with Gasteiger partial charge in [0, 0.05) is 25.0 Å². The van der Waals surface area contributed by atoms with E-state index in [0.29, 0.717) is 5.88 Å². The van der Waals surface area contributed by atoms with Gasteiger partial charge in [0.15, 0.2) is 0 Å². The fraction of sp³-hybridized carbons (Fsp3) is 1.00. The molecule has 62 valence electrons. The quantitative estimate of drug-likeness (QED) is 0.456. The van der Waals surface area contributed by atoms with Crippen LogP contribution in [0, 0.1) is 0 Å². The lowest BCUT2D eigenvalue weighted by atomic mass is 10.2. The molecular formula is C7H14Cl2O. The summed E-state index contributed by atoms with van der Waals surface area (Å²) in [6, 6.07) is 0. The zero-order chi connectivity index (χ0) is 7.82. The third-order valence-electron chi connectivity index (χ3n) is 1.28. The van der Waals surface area contributed by atoms with Crippen LogP contribution in [0.5, 0.6) is 0 Å². The molecule has 1 nitrogen and oxygen atoms in total. The van der Waals surface area contributed by atoms with Crippen molar-refractivity contribution in [1.82, 2.24) is 0 Å². The van der Waals surface area contributed by atoms with Crippen LogP contribution in [0.15, 0.2) is 0 Å². The maximum absolute atomic E-state index is 5.77. The standard InChI is InChI=1S/C7H14Cl2O/c1-10-5-3-2-4-7(9)6-8/h7H,2-6H2,1H3. The number of ether oxygens (including phenoxy) is 1. The number of unbranched alkanes of at least 4 members (excludes halogenated alkanes) is 1. The Hall–Kier alpha value is 0.540. The zero-order valence-electron chi connectivity index (χ0n) is 6.28. The van der Waals surface area contributed by atoms with Crippen molar-refractivity contribution in [3.8, 4) is 0 Å². The molecule has 10 heavy (non-hydrogen) atoms. The summed E-state index contributed by atoms with van der Waals surface area (Å²) in [5.41, 5.74) is 0. The average molecular weight is 185 g/mol. The van der Waals surface area contributed by atoms with E-state index < -0.39 is 0 Å². The number of hydrogen-bond donors (Lipinski definition) is 0. The Kier molecular flexibility index (Phi) is 8.06. The molecule has 0 aliphatic carbocycles. The van der Waals surface area contributed by atoms with E-state index in [0.717, 1.165) is 25.9 Å². The number of hydrogen-bond acceptors (Lipinski definition) is 1. The molecule has 3 heteroatoms. The van der Waals surface area contributed by atoms with Gasteiger partial charge in [-0.3, -0.25) is 0 Å². The van der Waals surface area contributed by atoms with Crippen molar-refractivity contribution >= 4 is 23.2 Å². The Morgan fingerprint density at radius 2 is 2.10 bits per heavy atom. The molecular weight excluding hydrogens is 171 g/mol. The van der Waals surface area contributed by atoms with Gasteiger partial charge in [-0.2, -0.15) is 0 Å². The lowest BCUT2D eigenvalue weighted by molar-refractivity contribution is 0.192. The lowest BCUT2D eigenvalue weighted by Gasteiger charge is -2.03. The van der Waals surface area contributed by atoms with Crippen molar-refractivity contribution in [3.63, 3.8) is 0 Å². The molecule has 0 saturated carbocycles. The maximum atomic E-state index is 5.77. The fourth-order valence-corrected chi connectivity index (χ4v) is 0.998. The Morgan fingerprint density at radius 3 is 2.60 bits per heavy atom. The van der Waals surface area contributed by atoms with Crippen LogP contribution in [0.3, 0.4) is 0 Å². The van der Waals surface area contributed by atoms with Crippen molar-refractivity contribution in [2.45, 2.75) is 24.6 Å². The highest BCUT2D eigenvalue weighted by atomic mass is 35.5. The first kappa shape index (κ1) is 10.5. The number of halogens is 2. The maximum Gasteiger partial charge on any atom is 0.0471 e. The van der Waals surface area contributed by atoms with E-state index in [-0.39, 0.29) is 5.38 Å². The first-order valence-corrected chi connectivity index (χ1v) is 4.47. The third-order valence-corrected chi connectivity index (χ3v) is 2.19. The molecule has 0 aromatic carbocycles. The highest BCUT2D eigenvalue weighted by Gasteiger charge is 2.00. The van der Waals surface area contributed by atoms with Gasteiger partial charge < -0.3 is 4.74 Å². The highest BCUT2D eigenvalue weighted by Crippen LogP contribution is 2.08. The summed E-state index contributed by atoms with van der Waals surface area (Å²) in [7, 11) is 1.71. The SMILES string of the molecule is COCCCCC(Cl)CCl. The first-order chi connectivity index (χ1) is 4.81. The molecule has 0 heterocycles. The van der Waals surface area contributed by atoms with E-state index in [4.69, 9.17) is 27.9 Å². The Morgan fingerprint density at radius 1 is 1.40 bits per heavy atom. The van der Waals surface area contributed by atoms with E-state index >= 15 is 0 Å². The summed E-state index contributed by atoms with van der Waals surface area (Å²) in [5, 5.41) is 0.138. The van der Waals surface area contributed by atoms with Gasteiger partial charge in [-0.15, -0.1) is 23.2 Å². The minimum atomic E-state index is 0.138. The Labute approximate surface area is 72.6 Å². The second kappa shape index (κ2) is 7.64. The van der Waals surface area contributed by atoms with Gasteiger partial charge in [0.1, 0.15) is 0 Å². The molecule has 0 amide bonds. The van der Waals surface area contributed by atoms with Crippen molar-refractivity contribution in [2.24, 2.45) is 0 Å². The molecule has 0 aliphatic heterocycles. The Bertz CT molecular complexity index is 68.6. The van der Waals surface area contributed by atoms with Crippen LogP contribution in [-0.4, -0.2) is 25.0 Å². The molecule has 1 unspecified atom stereocenters. The molecule has 0 radical (unpaired) electrons. The summed E-state index contributed by atoms with van der Waals surface area (Å²) in [5.74, 6) is 0.550. The van der Waals surface area contributed by atoms with E-state index in [2.05, 4.69) is 0 Å². The van der Waals surface area contributed by atoms with Crippen LogP contribution >= 0.6 is 23.2 Å². The van der Waals surface area contributed by atoms with Crippen LogP contribution in [0.25, 0.3) is 0 Å². The van der Waals surface area contributed by atoms with Gasteiger partial charge in [0.25, 0.3) is 0 Å². The summed E-state index contributed by atoms with van der Waals surface area (Å²) in [4.78, 5) is 0. The van der Waals surface area contributed by atoms with Crippen molar-refractivity contribution in [1.29, 1.82) is 0 Å². The first-order valence-electron chi connectivity index (χ1n) is 3.50. The van der Waals surface area contributed by atoms with Crippen LogP contribution in [0.4, 0.5) is 0 Å². The van der Waals surface area contributed by atoms with Gasteiger partial charge in [0.05, 0.1) is 0 Å². The predicted molar refractivity (Wildman–Crippen MR) is 46.1 cm³/mol. The van der Waals surface area contributed by atoms with Gasteiger partial charge in [0.2, 0.25) is 0 Å². The third kappa shape index (κ3) is 6.66. The molecule has 0 fully saturated rings. The van der Waals surface area contributed by atoms with E-state index in [1.807, 2.05) is 0 Å². The summed E-state index contributed by atoms with van der Waals surface area (Å²) in [6.45, 7) is 0.825. The minimum absolute atomic E-state index is 0.138. The molecule has 0 rings (SSSR count). The summed E-state index contributed by atoms with van der Waals surface area (Å²) >= 11 is 11.3. The summed E-state index contributed by atoms with van der Waals surface area (Å²) in [6.07, 6.45) is 3.18. The van der Waals surface area contributed by atoms with Gasteiger partial charge in [-0.1, -0.05) is 0 Å². The molecule has 0 aliphatic rings. The normalized spacial score (nSPS) is 13.5. The second-order valence-corrected chi connectivity index (χ2v) is 3.17. The molecule has 0 aromatic heterocycles. The second-order valence-electron chi connectivity index (χ2n) is 2.24. The molecule has 1 atom stereocenters. The van der Waals surface area contributed by atoms with Gasteiger partial charge in [-0.05, 0) is 19.3 Å². The number of rotatable bonds is 6. The smallest absolute Gasteiger partial charge is 0.0471 e. The van der Waals surface area contributed by atoms with Crippen molar-refractivity contribution in [3.05, 3.63) is 0 Å². The monoisotopic (exact) mass is 184 g/mol. The Balaban J connectivity index is 2.89. The van der Waals surface area contributed by atoms with Crippen LogP contribution in [-0.2, 0) is 4.74 Å². The average Bonchev–Trinajstić information content (AvgIpc) is 1.98. The van der Waals surface area contributed by atoms with Crippen LogP contribution in [0.1, 0.15) is 19.3 Å². The fourth-order valence-electron chi connectivity index (χ4n) is 0.689. The molecule has 0 bridgehead atoms. The van der Waals surface area contributed by atoms with Gasteiger partial charge >= 0.3 is 0 Å². The van der Waals surface area contributed by atoms with Crippen LogP contribution < -0.4 is 0 Å². The topological polar surface area (TPSA) is 9.23 Å². The highest BCUT2D eigenvalue weighted by molar-refractivity contribution is 6.28. The zero-order valence-corrected chi connectivity index (χ0v) is 7.79. The van der Waals surface area contributed by atoms with Crippen molar-refractivity contribution < 1.29 is 4.74 Å². The molecule has 0 aromatic rings. The summed E-state index contributed by atoms with van der Waals surface area (Å²) < 4.78 is 4.88. The van der Waals surface area contributed by atoms with Crippen molar-refractivity contribution in [2.75, 3.05) is 19.6 Å². The number of methoxy groups -OCH3 is 1. The van der Waals surface area contributed by atoms with E-state index in [1.54, 1.807) is 7.11 Å². The van der Waals surface area contributed by atoms with Crippen LogP contribution in [0.2, 0.25) is 0 Å². The molecule has 0 spiro atoms. The van der Waals surface area contributed by atoms with E-state index in [1.165, 1.54) is 0 Å². The lowest BCUT2D eigenvalue weighted by Crippen LogP contribution is -2.00. The minimum Gasteiger partial charge on any atom is -0.385 e. The van der Waals surface area contributed by atoms with Gasteiger partial charge in [-0.25, -0.2) is 0 Å².